The quantitative estimate of drug-likeness (QED) is 0.531. The van der Waals surface area contributed by atoms with E-state index >= 15 is 0 Å². The number of nitrogens with zero attached hydrogens (tertiary/aromatic N) is 2. The second-order valence-corrected chi connectivity index (χ2v) is 4.79. The van der Waals surface area contributed by atoms with Crippen LogP contribution in [0, 0.1) is 25.2 Å². The number of carbonyl (C=O) groups excluding carboxylic acids is 1. The summed E-state index contributed by atoms with van der Waals surface area (Å²) in [4.78, 5) is 23.9. The van der Waals surface area contributed by atoms with Crippen molar-refractivity contribution in [2.75, 3.05) is 6.54 Å². The predicted molar refractivity (Wildman–Crippen MR) is 82.4 cm³/mol. The monoisotopic (exact) mass is 307 g/mol. The number of hydrazine groups is 1. The smallest absolute Gasteiger partial charge is 0.269 e. The first-order chi connectivity index (χ1) is 9.90. The first-order valence-corrected chi connectivity index (χ1v) is 6.75. The summed E-state index contributed by atoms with van der Waals surface area (Å²) in [7, 11) is 0. The molecule has 0 bridgehead atoms. The van der Waals surface area contributed by atoms with E-state index in [-0.39, 0.29) is 17.2 Å². The minimum atomic E-state index is -0.473. The zero-order valence-corrected chi connectivity index (χ0v) is 12.9. The third kappa shape index (κ3) is 4.29. The molecule has 0 aliphatic rings. The van der Waals surface area contributed by atoms with E-state index in [2.05, 4.69) is 16.2 Å². The van der Waals surface area contributed by atoms with Gasteiger partial charge in [0.25, 0.3) is 11.5 Å². The fourth-order valence-electron chi connectivity index (χ4n) is 1.77. The van der Waals surface area contributed by atoms with Gasteiger partial charge in [-0.25, -0.2) is 0 Å². The molecule has 3 N–H and O–H groups in total. The summed E-state index contributed by atoms with van der Waals surface area (Å²) in [5.74, 6) is -0.437. The predicted octanol–water partition coefficient (Wildman–Crippen LogP) is -0.148. The normalized spacial score (nSPS) is 9.62. The summed E-state index contributed by atoms with van der Waals surface area (Å²) in [5, 5.41) is 12.1. The Morgan fingerprint density at radius 2 is 2.10 bits per heavy atom. The van der Waals surface area contributed by atoms with Gasteiger partial charge >= 0.3 is 0 Å². The van der Waals surface area contributed by atoms with Gasteiger partial charge in [-0.15, -0.1) is 0 Å². The fraction of sp³-hybridized carbons (Fsp3) is 0.385. The van der Waals surface area contributed by atoms with Crippen molar-refractivity contribution in [2.24, 2.45) is 0 Å². The van der Waals surface area contributed by atoms with Gasteiger partial charge in [0.15, 0.2) is 5.11 Å². The van der Waals surface area contributed by atoms with Crippen LogP contribution in [0.2, 0.25) is 0 Å². The average Bonchev–Trinajstić information content (AvgIpc) is 2.42. The van der Waals surface area contributed by atoms with E-state index < -0.39 is 11.5 Å². The standard InChI is InChI=1S/C13H17N5O2S/c1-4-15-13(21)17-16-11(19)7-18-9(3)5-8(2)10(6-14)12(18)20/h5H,4,7H2,1-3H3,(H,16,19)(H2,15,17,21). The molecule has 1 heterocycles. The molecule has 0 aliphatic carbocycles. The SMILES string of the molecule is CCNC(=S)NNC(=O)Cn1c(C)cc(C)c(C#N)c1=O. The lowest BCUT2D eigenvalue weighted by Gasteiger charge is -2.13. The van der Waals surface area contributed by atoms with Crippen molar-refractivity contribution in [3.05, 3.63) is 33.2 Å². The number of nitrogens with one attached hydrogen (secondary N) is 3. The third-order valence-electron chi connectivity index (χ3n) is 2.77. The number of hydrogen-bond acceptors (Lipinski definition) is 4. The highest BCUT2D eigenvalue weighted by Crippen LogP contribution is 2.04. The highest BCUT2D eigenvalue weighted by Gasteiger charge is 2.12. The van der Waals surface area contributed by atoms with E-state index in [0.717, 1.165) is 0 Å². The molecule has 8 heteroatoms. The highest BCUT2D eigenvalue weighted by molar-refractivity contribution is 7.80. The molecule has 7 nitrogen and oxygen atoms in total. The maximum atomic E-state index is 12.1. The Hall–Kier alpha value is -2.40. The number of aromatic nitrogens is 1. The van der Waals surface area contributed by atoms with Crippen molar-refractivity contribution in [3.63, 3.8) is 0 Å². The molecule has 112 valence electrons. The maximum Gasteiger partial charge on any atom is 0.269 e. The summed E-state index contributed by atoms with van der Waals surface area (Å²) >= 11 is 4.90. The van der Waals surface area contributed by atoms with Gasteiger partial charge in [0.05, 0.1) is 0 Å². The van der Waals surface area contributed by atoms with Crippen LogP contribution in [-0.4, -0.2) is 22.1 Å². The van der Waals surface area contributed by atoms with Gasteiger partial charge in [-0.3, -0.25) is 20.4 Å². The van der Waals surface area contributed by atoms with Crippen molar-refractivity contribution in [2.45, 2.75) is 27.3 Å². The number of thiocarbonyl (C=S) groups is 1. The number of amides is 1. The molecule has 0 spiro atoms. The lowest BCUT2D eigenvalue weighted by atomic mass is 10.1. The zero-order valence-electron chi connectivity index (χ0n) is 12.1. The second kappa shape index (κ2) is 7.40. The number of rotatable bonds is 3. The van der Waals surface area contributed by atoms with E-state index in [9.17, 15) is 9.59 Å². The molecule has 1 amide bonds. The number of aryl methyl sites for hydroxylation is 2. The molecule has 0 aromatic carbocycles. The van der Waals surface area contributed by atoms with E-state index in [1.54, 1.807) is 19.9 Å². The molecule has 1 aromatic heterocycles. The molecule has 0 saturated carbocycles. The van der Waals surface area contributed by atoms with E-state index in [0.29, 0.717) is 17.8 Å². The molecule has 21 heavy (non-hydrogen) atoms. The van der Waals surface area contributed by atoms with Crippen LogP contribution >= 0.6 is 12.2 Å². The lowest BCUT2D eigenvalue weighted by molar-refractivity contribution is -0.122. The minimum Gasteiger partial charge on any atom is -0.362 e. The second-order valence-electron chi connectivity index (χ2n) is 4.38. The third-order valence-corrected chi connectivity index (χ3v) is 3.02. The van der Waals surface area contributed by atoms with Gasteiger partial charge in [-0.05, 0) is 44.6 Å². The topological polar surface area (TPSA) is 98.9 Å². The molecule has 0 atom stereocenters. The van der Waals surface area contributed by atoms with Crippen molar-refractivity contribution >= 4 is 23.2 Å². The Labute approximate surface area is 127 Å². The minimum absolute atomic E-state index is 0.0459. The Bertz CT molecular complexity index is 660. The van der Waals surface area contributed by atoms with Crippen LogP contribution < -0.4 is 21.7 Å². The Balaban J connectivity index is 2.85. The molecular formula is C13H17N5O2S. The van der Waals surface area contributed by atoms with Crippen LogP contribution in [0.1, 0.15) is 23.7 Å². The largest absolute Gasteiger partial charge is 0.362 e. The average molecular weight is 307 g/mol. The fourth-order valence-corrected chi connectivity index (χ4v) is 1.97. The molecule has 0 aliphatic heterocycles. The number of pyridine rings is 1. The number of nitriles is 1. The van der Waals surface area contributed by atoms with Crippen molar-refractivity contribution in [3.8, 4) is 6.07 Å². The van der Waals surface area contributed by atoms with Gasteiger partial charge in [0, 0.05) is 12.2 Å². The van der Waals surface area contributed by atoms with Crippen molar-refractivity contribution < 1.29 is 4.79 Å². The molecular weight excluding hydrogens is 290 g/mol. The highest BCUT2D eigenvalue weighted by atomic mass is 32.1. The zero-order chi connectivity index (χ0) is 16.0. The van der Waals surface area contributed by atoms with Crippen LogP contribution in [-0.2, 0) is 11.3 Å². The van der Waals surface area contributed by atoms with Crippen molar-refractivity contribution in [1.82, 2.24) is 20.7 Å². The molecule has 0 radical (unpaired) electrons. The molecule has 0 unspecified atom stereocenters. The number of carbonyl (C=O) groups is 1. The first-order valence-electron chi connectivity index (χ1n) is 6.34. The van der Waals surface area contributed by atoms with Crippen LogP contribution in [0.25, 0.3) is 0 Å². The van der Waals surface area contributed by atoms with Crippen LogP contribution in [0.5, 0.6) is 0 Å². The summed E-state index contributed by atoms with van der Waals surface area (Å²) in [6.45, 7) is 5.70. The Morgan fingerprint density at radius 1 is 1.43 bits per heavy atom. The van der Waals surface area contributed by atoms with Gasteiger partial charge in [-0.1, -0.05) is 0 Å². The van der Waals surface area contributed by atoms with Crippen LogP contribution in [0.4, 0.5) is 0 Å². The summed E-state index contributed by atoms with van der Waals surface area (Å²) in [5.41, 5.74) is 5.70. The molecule has 1 aromatic rings. The lowest BCUT2D eigenvalue weighted by Crippen LogP contribution is -2.48. The van der Waals surface area contributed by atoms with E-state index in [1.807, 2.05) is 13.0 Å². The first kappa shape index (κ1) is 16.7. The molecule has 1 rings (SSSR count). The Kier molecular flexibility index (Phi) is 5.87. The van der Waals surface area contributed by atoms with Crippen LogP contribution in [0.3, 0.4) is 0 Å². The van der Waals surface area contributed by atoms with Gasteiger partial charge in [0.2, 0.25) is 0 Å². The van der Waals surface area contributed by atoms with Gasteiger partial charge in [-0.2, -0.15) is 5.26 Å². The van der Waals surface area contributed by atoms with E-state index in [1.165, 1.54) is 4.57 Å². The van der Waals surface area contributed by atoms with Crippen molar-refractivity contribution in [1.29, 1.82) is 5.26 Å². The van der Waals surface area contributed by atoms with Gasteiger partial charge < -0.3 is 9.88 Å². The van der Waals surface area contributed by atoms with Crippen LogP contribution in [0.15, 0.2) is 10.9 Å². The van der Waals surface area contributed by atoms with Gasteiger partial charge in [0.1, 0.15) is 18.2 Å². The van der Waals surface area contributed by atoms with E-state index in [4.69, 9.17) is 17.5 Å². The number of hydrogen-bond donors (Lipinski definition) is 3. The Morgan fingerprint density at radius 3 is 2.67 bits per heavy atom. The summed E-state index contributed by atoms with van der Waals surface area (Å²) in [6, 6.07) is 3.56. The molecule has 0 fully saturated rings. The summed E-state index contributed by atoms with van der Waals surface area (Å²) < 4.78 is 1.25. The molecule has 0 saturated heterocycles. The summed E-state index contributed by atoms with van der Waals surface area (Å²) in [6.07, 6.45) is 0. The maximum absolute atomic E-state index is 12.1.